The predicted molar refractivity (Wildman–Crippen MR) is 106 cm³/mol. The highest BCUT2D eigenvalue weighted by Gasteiger charge is 2.26. The van der Waals surface area contributed by atoms with Crippen LogP contribution < -0.4 is 14.9 Å². The molecule has 1 aliphatic heterocycles. The molecule has 1 aliphatic rings. The van der Waals surface area contributed by atoms with Crippen LogP contribution in [0.1, 0.15) is 11.3 Å². The van der Waals surface area contributed by atoms with Gasteiger partial charge in [-0.1, -0.05) is 18.2 Å². The van der Waals surface area contributed by atoms with E-state index in [1.165, 1.54) is 10.9 Å². The molecule has 0 fully saturated rings. The van der Waals surface area contributed by atoms with Gasteiger partial charge in [0, 0.05) is 5.56 Å². The first kappa shape index (κ1) is 18.0. The maximum absolute atomic E-state index is 11.5. The van der Waals surface area contributed by atoms with Gasteiger partial charge >= 0.3 is 5.69 Å². The molecule has 0 amide bonds. The highest BCUT2D eigenvalue weighted by atomic mass is 79.9. The van der Waals surface area contributed by atoms with E-state index in [1.54, 1.807) is 31.2 Å². The van der Waals surface area contributed by atoms with Gasteiger partial charge in [-0.3, -0.25) is 15.5 Å². The number of halogens is 1. The van der Waals surface area contributed by atoms with Crippen molar-refractivity contribution in [2.24, 2.45) is 5.10 Å². The first-order chi connectivity index (χ1) is 13.6. The number of hydrogen-bond donors (Lipinski definition) is 1. The maximum Gasteiger partial charge on any atom is 0.335 e. The standard InChI is InChI=1S/C18H14BrN5O4/c1-11-16(24(25)26)18(23(22-11)13-5-3-2-4-6-13)21-20-9-12-7-8-14-17(15(12)19)28-10-27-14/h2-9,21H,10H2,1H3/b20-9+. The average molecular weight is 444 g/mol. The molecule has 0 saturated heterocycles. The Kier molecular flexibility index (Phi) is 4.70. The molecule has 28 heavy (non-hydrogen) atoms. The normalized spacial score (nSPS) is 12.5. The van der Waals surface area contributed by atoms with Gasteiger partial charge in [-0.05, 0) is 47.1 Å². The van der Waals surface area contributed by atoms with E-state index in [0.29, 0.717) is 21.7 Å². The minimum absolute atomic E-state index is 0.134. The zero-order valence-corrected chi connectivity index (χ0v) is 16.2. The molecule has 0 radical (unpaired) electrons. The first-order valence-electron chi connectivity index (χ1n) is 8.23. The fraction of sp³-hybridized carbons (Fsp3) is 0.111. The summed E-state index contributed by atoms with van der Waals surface area (Å²) in [7, 11) is 0. The minimum Gasteiger partial charge on any atom is -0.454 e. The van der Waals surface area contributed by atoms with E-state index in [9.17, 15) is 10.1 Å². The van der Waals surface area contributed by atoms with E-state index < -0.39 is 4.92 Å². The van der Waals surface area contributed by atoms with E-state index >= 15 is 0 Å². The van der Waals surface area contributed by atoms with Crippen LogP contribution in [0.5, 0.6) is 11.5 Å². The summed E-state index contributed by atoms with van der Waals surface area (Å²) in [5.74, 6) is 1.41. The zero-order valence-electron chi connectivity index (χ0n) is 14.6. The van der Waals surface area contributed by atoms with Gasteiger partial charge in [0.1, 0.15) is 5.69 Å². The summed E-state index contributed by atoms with van der Waals surface area (Å²) in [4.78, 5) is 11.0. The van der Waals surface area contributed by atoms with E-state index in [1.807, 2.05) is 18.2 Å². The van der Waals surface area contributed by atoms with Gasteiger partial charge in [0.2, 0.25) is 12.6 Å². The van der Waals surface area contributed by atoms with Crippen molar-refractivity contribution in [2.45, 2.75) is 6.92 Å². The average Bonchev–Trinajstić information content (AvgIpc) is 3.29. The van der Waals surface area contributed by atoms with Crippen LogP contribution in [-0.2, 0) is 0 Å². The molecule has 2 aromatic carbocycles. The number of anilines is 1. The zero-order chi connectivity index (χ0) is 19.7. The summed E-state index contributed by atoms with van der Waals surface area (Å²) < 4.78 is 12.9. The van der Waals surface area contributed by atoms with Crippen LogP contribution in [0.2, 0.25) is 0 Å². The number of aryl methyl sites for hydroxylation is 1. The number of benzene rings is 2. The van der Waals surface area contributed by atoms with Crippen LogP contribution in [0.3, 0.4) is 0 Å². The third-order valence-electron chi connectivity index (χ3n) is 4.09. The van der Waals surface area contributed by atoms with Crippen molar-refractivity contribution in [3.63, 3.8) is 0 Å². The van der Waals surface area contributed by atoms with E-state index in [4.69, 9.17) is 9.47 Å². The van der Waals surface area contributed by atoms with Gasteiger partial charge in [0.25, 0.3) is 0 Å². The number of nitrogens with one attached hydrogen (secondary N) is 1. The Morgan fingerprint density at radius 1 is 1.29 bits per heavy atom. The van der Waals surface area contributed by atoms with Gasteiger partial charge < -0.3 is 9.47 Å². The van der Waals surface area contributed by atoms with E-state index in [2.05, 4.69) is 31.6 Å². The smallest absolute Gasteiger partial charge is 0.335 e. The highest BCUT2D eigenvalue weighted by molar-refractivity contribution is 9.10. The van der Waals surface area contributed by atoms with Crippen LogP contribution >= 0.6 is 15.9 Å². The first-order valence-corrected chi connectivity index (χ1v) is 9.02. The van der Waals surface area contributed by atoms with Crippen LogP contribution in [0.15, 0.2) is 52.0 Å². The molecule has 0 aliphatic carbocycles. The van der Waals surface area contributed by atoms with Crippen LogP contribution in [0.25, 0.3) is 5.69 Å². The van der Waals surface area contributed by atoms with Gasteiger partial charge in [0.05, 0.1) is 21.3 Å². The quantitative estimate of drug-likeness (QED) is 0.362. The Labute approximate surface area is 167 Å². The number of aromatic nitrogens is 2. The molecular weight excluding hydrogens is 430 g/mol. The highest BCUT2D eigenvalue weighted by Crippen LogP contribution is 2.40. The topological polar surface area (TPSA) is 104 Å². The third kappa shape index (κ3) is 3.18. The molecule has 0 bridgehead atoms. The second-order valence-electron chi connectivity index (χ2n) is 5.86. The lowest BCUT2D eigenvalue weighted by Gasteiger charge is -2.06. The number of ether oxygens (including phenoxy) is 2. The molecule has 142 valence electrons. The second kappa shape index (κ2) is 7.31. The lowest BCUT2D eigenvalue weighted by molar-refractivity contribution is -0.384. The molecule has 3 aromatic rings. The van der Waals surface area contributed by atoms with Crippen LogP contribution in [-0.4, -0.2) is 27.7 Å². The summed E-state index contributed by atoms with van der Waals surface area (Å²) in [5, 5.41) is 20.0. The Bertz CT molecular complexity index is 1080. The van der Waals surface area contributed by atoms with Crippen molar-refractivity contribution in [1.29, 1.82) is 0 Å². The van der Waals surface area contributed by atoms with Crippen molar-refractivity contribution in [3.8, 4) is 17.2 Å². The summed E-state index contributed by atoms with van der Waals surface area (Å²) in [6.07, 6.45) is 1.54. The number of para-hydroxylation sites is 1. The van der Waals surface area contributed by atoms with Crippen molar-refractivity contribution in [3.05, 3.63) is 68.3 Å². The van der Waals surface area contributed by atoms with Gasteiger partial charge in [-0.2, -0.15) is 10.2 Å². The molecule has 0 unspecified atom stereocenters. The SMILES string of the molecule is Cc1nn(-c2ccccc2)c(N/N=C/c2ccc3c(c2Br)OCO3)c1[N+](=O)[O-]. The maximum atomic E-state index is 11.5. The monoisotopic (exact) mass is 443 g/mol. The van der Waals surface area contributed by atoms with E-state index in [0.717, 1.165) is 5.56 Å². The molecular formula is C18H14BrN5O4. The Morgan fingerprint density at radius 3 is 2.82 bits per heavy atom. The fourth-order valence-electron chi connectivity index (χ4n) is 2.81. The summed E-state index contributed by atoms with van der Waals surface area (Å²) >= 11 is 3.46. The fourth-order valence-corrected chi connectivity index (χ4v) is 3.35. The molecule has 0 saturated carbocycles. The van der Waals surface area contributed by atoms with Gasteiger partial charge in [0.15, 0.2) is 11.5 Å². The molecule has 4 rings (SSSR count). The second-order valence-corrected chi connectivity index (χ2v) is 6.65. The van der Waals surface area contributed by atoms with Crippen molar-refractivity contribution < 1.29 is 14.4 Å². The van der Waals surface area contributed by atoms with Crippen molar-refractivity contribution >= 4 is 33.6 Å². The number of hydrogen-bond acceptors (Lipinski definition) is 7. The Hall–Kier alpha value is -3.40. The third-order valence-corrected chi connectivity index (χ3v) is 4.91. The van der Waals surface area contributed by atoms with Crippen molar-refractivity contribution in [2.75, 3.05) is 12.2 Å². The number of nitrogens with zero attached hydrogens (tertiary/aromatic N) is 4. The van der Waals surface area contributed by atoms with Crippen LogP contribution in [0, 0.1) is 17.0 Å². The van der Waals surface area contributed by atoms with Crippen LogP contribution in [0.4, 0.5) is 11.5 Å². The molecule has 0 spiro atoms. The molecule has 0 atom stereocenters. The predicted octanol–water partition coefficient (Wildman–Crippen LogP) is 4.03. The molecule has 1 aromatic heterocycles. The number of rotatable bonds is 5. The minimum atomic E-state index is -0.476. The molecule has 10 heteroatoms. The summed E-state index contributed by atoms with van der Waals surface area (Å²) in [5.41, 5.74) is 4.32. The molecule has 2 heterocycles. The summed E-state index contributed by atoms with van der Waals surface area (Å²) in [6.45, 7) is 1.75. The summed E-state index contributed by atoms with van der Waals surface area (Å²) in [6, 6.07) is 12.7. The van der Waals surface area contributed by atoms with Crippen molar-refractivity contribution in [1.82, 2.24) is 9.78 Å². The van der Waals surface area contributed by atoms with E-state index in [-0.39, 0.29) is 24.0 Å². The number of hydrazone groups is 1. The lowest BCUT2D eigenvalue weighted by Crippen LogP contribution is -2.04. The number of fused-ring (bicyclic) bond motifs is 1. The Balaban J connectivity index is 1.68. The molecule has 9 nitrogen and oxygen atoms in total. The van der Waals surface area contributed by atoms with Gasteiger partial charge in [-0.25, -0.2) is 4.68 Å². The number of nitro groups is 1. The molecule has 1 N–H and O–H groups in total. The van der Waals surface area contributed by atoms with Gasteiger partial charge in [-0.15, -0.1) is 0 Å². The lowest BCUT2D eigenvalue weighted by atomic mass is 10.2. The Morgan fingerprint density at radius 2 is 2.07 bits per heavy atom. The largest absolute Gasteiger partial charge is 0.454 e.